The Kier molecular flexibility index (Phi) is 8.52. The lowest BCUT2D eigenvalue weighted by atomic mass is 9.53. The van der Waals surface area contributed by atoms with Crippen LogP contribution in [0.25, 0.3) is 0 Å². The summed E-state index contributed by atoms with van der Waals surface area (Å²) in [6.45, 7) is 11.8. The van der Waals surface area contributed by atoms with Crippen molar-refractivity contribution >= 4 is 35.1 Å². The fourth-order valence-corrected chi connectivity index (χ4v) is 7.54. The Morgan fingerprint density at radius 1 is 1.18 bits per heavy atom. The lowest BCUT2D eigenvalue weighted by Crippen LogP contribution is -2.53. The van der Waals surface area contributed by atoms with Gasteiger partial charge in [0.2, 0.25) is 0 Å². The lowest BCUT2D eigenvalue weighted by Gasteiger charge is -2.50. The van der Waals surface area contributed by atoms with Crippen LogP contribution in [0.1, 0.15) is 91.9 Å². The van der Waals surface area contributed by atoms with Crippen LogP contribution in [0.2, 0.25) is 10.0 Å². The van der Waals surface area contributed by atoms with E-state index in [9.17, 15) is 14.7 Å². The van der Waals surface area contributed by atoms with Crippen molar-refractivity contribution in [3.63, 3.8) is 0 Å². The first-order chi connectivity index (χ1) is 17.9. The van der Waals surface area contributed by atoms with Crippen molar-refractivity contribution < 1.29 is 19.4 Å². The first-order valence-corrected chi connectivity index (χ1v) is 14.3. The molecule has 3 atom stereocenters. The van der Waals surface area contributed by atoms with Gasteiger partial charge in [0.1, 0.15) is 0 Å². The summed E-state index contributed by atoms with van der Waals surface area (Å²) in [5.74, 6) is -1.21. The molecule has 1 N–H and O–H groups in total. The van der Waals surface area contributed by atoms with Crippen molar-refractivity contribution in [2.24, 2.45) is 11.3 Å². The number of ether oxygens (including phenoxy) is 1. The largest absolute Gasteiger partial charge is 0.481 e. The Labute approximate surface area is 236 Å². The fraction of sp³-hybridized carbons (Fsp3) is 0.548. The zero-order valence-corrected chi connectivity index (χ0v) is 24.6. The second kappa shape index (κ2) is 11.2. The van der Waals surface area contributed by atoms with Crippen LogP contribution in [0.15, 0.2) is 30.3 Å². The molecule has 1 saturated carbocycles. The van der Waals surface area contributed by atoms with E-state index in [-0.39, 0.29) is 17.7 Å². The molecule has 0 radical (unpaired) electrons. The first kappa shape index (κ1) is 28.9. The number of aliphatic carboxylic acids is 1. The number of hydrogen-bond donors (Lipinski definition) is 1. The minimum atomic E-state index is -0.968. The molecule has 1 amide bonds. The van der Waals surface area contributed by atoms with Crippen molar-refractivity contribution in [1.29, 1.82) is 0 Å². The van der Waals surface area contributed by atoms with E-state index < -0.39 is 16.8 Å². The Balaban J connectivity index is 1.66. The van der Waals surface area contributed by atoms with Crippen LogP contribution in [0.5, 0.6) is 0 Å². The Morgan fingerprint density at radius 3 is 2.50 bits per heavy atom. The van der Waals surface area contributed by atoms with Crippen molar-refractivity contribution in [2.75, 3.05) is 19.7 Å². The maximum atomic E-state index is 14.1. The average Bonchev–Trinajstić information content (AvgIpc) is 2.93. The molecule has 2 aromatic carbocycles. The molecule has 206 valence electrons. The molecule has 0 aromatic heterocycles. The number of benzene rings is 2. The fourth-order valence-electron chi connectivity index (χ4n) is 6.56. The van der Waals surface area contributed by atoms with Gasteiger partial charge in [-0.3, -0.25) is 9.59 Å². The molecule has 1 aliphatic carbocycles. The summed E-state index contributed by atoms with van der Waals surface area (Å²) in [5, 5.41) is 11.3. The van der Waals surface area contributed by atoms with Gasteiger partial charge in [0.05, 0.1) is 22.6 Å². The maximum Gasteiger partial charge on any atom is 0.309 e. The SMILES string of the molecule is Cc1ccc(COCCCN2C[C@H]3[C@](C)(C(=O)O)CCC[C@]3(C)c3cc(Cl)c(C(C)C)c(Cl)c3C2=O)cc1. The Bertz CT molecular complexity index is 1210. The molecule has 38 heavy (non-hydrogen) atoms. The van der Waals surface area contributed by atoms with E-state index in [1.165, 1.54) is 5.56 Å². The third kappa shape index (κ3) is 5.22. The number of nitrogens with zero attached hydrogens (tertiary/aromatic N) is 1. The number of carboxylic acids is 1. The van der Waals surface area contributed by atoms with Gasteiger partial charge in [0.15, 0.2) is 0 Å². The predicted molar refractivity (Wildman–Crippen MR) is 152 cm³/mol. The van der Waals surface area contributed by atoms with Gasteiger partial charge in [-0.15, -0.1) is 0 Å². The first-order valence-electron chi connectivity index (χ1n) is 13.6. The standard InChI is InChI=1S/C31H39Cl2NO4/c1-19(2)25-23(32)16-22-26(27(25)33)28(35)34(14-7-15-38-18-21-10-8-20(3)9-11-21)17-24-30(22,4)12-6-13-31(24,5)29(36)37/h8-11,16,19,24H,6-7,12-15,17-18H2,1-5H3,(H,36,37)/t24-,30-,31-/m1/s1. The van der Waals surface area contributed by atoms with Gasteiger partial charge >= 0.3 is 5.97 Å². The molecule has 7 heteroatoms. The highest BCUT2D eigenvalue weighted by atomic mass is 35.5. The van der Waals surface area contributed by atoms with Gasteiger partial charge in [-0.25, -0.2) is 0 Å². The average molecular weight is 561 g/mol. The third-order valence-electron chi connectivity index (χ3n) is 8.88. The Morgan fingerprint density at radius 2 is 1.87 bits per heavy atom. The number of rotatable bonds is 8. The molecule has 1 aliphatic heterocycles. The number of aryl methyl sites for hydroxylation is 1. The number of halogens is 2. The molecule has 2 aliphatic rings. The molecule has 1 heterocycles. The van der Waals surface area contributed by atoms with Gasteiger partial charge in [0, 0.05) is 30.6 Å². The number of carbonyl (C=O) groups is 2. The summed E-state index contributed by atoms with van der Waals surface area (Å²) in [5.41, 5.74) is 2.84. The molecular weight excluding hydrogens is 521 g/mol. The summed E-state index contributed by atoms with van der Waals surface area (Å²) in [7, 11) is 0. The van der Waals surface area contributed by atoms with E-state index in [4.69, 9.17) is 27.9 Å². The molecule has 5 nitrogen and oxygen atoms in total. The highest BCUT2D eigenvalue weighted by Gasteiger charge is 2.57. The minimum absolute atomic E-state index is 0.0409. The summed E-state index contributed by atoms with van der Waals surface area (Å²) in [6.07, 6.45) is 2.76. The van der Waals surface area contributed by atoms with Gasteiger partial charge in [-0.05, 0) is 67.2 Å². The maximum absolute atomic E-state index is 14.1. The van der Waals surface area contributed by atoms with E-state index in [1.807, 2.05) is 26.8 Å². The normalized spacial score (nSPS) is 25.2. The van der Waals surface area contributed by atoms with Crippen LogP contribution in [-0.4, -0.2) is 41.6 Å². The van der Waals surface area contributed by atoms with E-state index in [0.717, 1.165) is 29.5 Å². The molecule has 2 aromatic rings. The molecule has 1 fully saturated rings. The number of amides is 1. The summed E-state index contributed by atoms with van der Waals surface area (Å²) in [4.78, 5) is 28.6. The second-order valence-electron chi connectivity index (χ2n) is 11.9. The number of hydrogen-bond acceptors (Lipinski definition) is 3. The van der Waals surface area contributed by atoms with Gasteiger partial charge in [-0.2, -0.15) is 0 Å². The van der Waals surface area contributed by atoms with Crippen molar-refractivity contribution in [2.45, 2.75) is 78.2 Å². The molecule has 0 spiro atoms. The monoisotopic (exact) mass is 559 g/mol. The molecule has 0 saturated heterocycles. The summed E-state index contributed by atoms with van der Waals surface area (Å²) < 4.78 is 5.91. The van der Waals surface area contributed by atoms with Gasteiger partial charge in [-0.1, -0.05) is 80.2 Å². The van der Waals surface area contributed by atoms with Crippen LogP contribution in [0.3, 0.4) is 0 Å². The molecule has 4 rings (SSSR count). The minimum Gasteiger partial charge on any atom is -0.481 e. The Hall–Kier alpha value is -2.08. The zero-order chi connectivity index (χ0) is 27.8. The van der Waals surface area contributed by atoms with Crippen molar-refractivity contribution in [3.8, 4) is 0 Å². The predicted octanol–water partition coefficient (Wildman–Crippen LogP) is 7.64. The number of carboxylic acid groups (broad SMARTS) is 1. The molecule has 0 bridgehead atoms. The van der Waals surface area contributed by atoms with Crippen molar-refractivity contribution in [3.05, 3.63) is 68.2 Å². The highest BCUT2D eigenvalue weighted by Crippen LogP contribution is 2.56. The topological polar surface area (TPSA) is 66.8 Å². The van der Waals surface area contributed by atoms with Crippen LogP contribution >= 0.6 is 23.2 Å². The molecule has 0 unspecified atom stereocenters. The van der Waals surface area contributed by atoms with Crippen LogP contribution in [0.4, 0.5) is 0 Å². The smallest absolute Gasteiger partial charge is 0.309 e. The van der Waals surface area contributed by atoms with Crippen LogP contribution < -0.4 is 0 Å². The highest BCUT2D eigenvalue weighted by molar-refractivity contribution is 6.38. The van der Waals surface area contributed by atoms with E-state index in [2.05, 4.69) is 38.1 Å². The second-order valence-corrected chi connectivity index (χ2v) is 12.6. The molecular formula is C31H39Cl2NO4. The summed E-state index contributed by atoms with van der Waals surface area (Å²) >= 11 is 13.7. The van der Waals surface area contributed by atoms with Crippen LogP contribution in [0, 0.1) is 18.3 Å². The van der Waals surface area contributed by atoms with Gasteiger partial charge < -0.3 is 14.7 Å². The number of carbonyl (C=O) groups excluding carboxylic acids is 1. The number of fused-ring (bicyclic) bond motifs is 3. The zero-order valence-electron chi connectivity index (χ0n) is 23.1. The van der Waals surface area contributed by atoms with Crippen molar-refractivity contribution in [1.82, 2.24) is 4.90 Å². The lowest BCUT2D eigenvalue weighted by molar-refractivity contribution is -0.157. The van der Waals surface area contributed by atoms with E-state index in [0.29, 0.717) is 54.8 Å². The van der Waals surface area contributed by atoms with E-state index in [1.54, 1.807) is 4.90 Å². The van der Waals surface area contributed by atoms with Gasteiger partial charge in [0.25, 0.3) is 5.91 Å². The van der Waals surface area contributed by atoms with E-state index >= 15 is 0 Å². The third-order valence-corrected chi connectivity index (χ3v) is 9.58. The quantitative estimate of drug-likeness (QED) is 0.337. The summed E-state index contributed by atoms with van der Waals surface area (Å²) in [6, 6.07) is 10.1. The van der Waals surface area contributed by atoms with Crippen LogP contribution in [-0.2, 0) is 21.6 Å².